The van der Waals surface area contributed by atoms with Crippen LogP contribution in [-0.4, -0.2) is 13.4 Å². The van der Waals surface area contributed by atoms with E-state index in [2.05, 4.69) is 39.9 Å². The van der Waals surface area contributed by atoms with Crippen LogP contribution in [0.15, 0.2) is 35.7 Å². The lowest BCUT2D eigenvalue weighted by Gasteiger charge is -2.36. The van der Waals surface area contributed by atoms with Gasteiger partial charge in [-0.3, -0.25) is 0 Å². The maximum absolute atomic E-state index is 10.6. The van der Waals surface area contributed by atoms with E-state index in [0.29, 0.717) is 6.61 Å². The van der Waals surface area contributed by atoms with Gasteiger partial charge in [-0.15, -0.1) is 11.3 Å². The predicted molar refractivity (Wildman–Crippen MR) is 102 cm³/mol. The minimum atomic E-state index is -1.73. The second-order valence-electron chi connectivity index (χ2n) is 7.71. The molecule has 1 atom stereocenters. The summed E-state index contributed by atoms with van der Waals surface area (Å²) >= 11 is 1.67. The van der Waals surface area contributed by atoms with Crippen molar-refractivity contribution in [2.24, 2.45) is 0 Å². The molecule has 0 aliphatic heterocycles. The summed E-state index contributed by atoms with van der Waals surface area (Å²) in [5, 5.41) is 12.8. The number of thiophene rings is 1. The van der Waals surface area contributed by atoms with E-state index in [1.165, 1.54) is 10.4 Å². The minimum absolute atomic E-state index is 0.216. The summed E-state index contributed by atoms with van der Waals surface area (Å²) in [7, 11) is -1.73. The fourth-order valence-corrected chi connectivity index (χ4v) is 3.99. The van der Waals surface area contributed by atoms with E-state index in [9.17, 15) is 5.11 Å². The van der Waals surface area contributed by atoms with Gasteiger partial charge in [0.2, 0.25) is 0 Å². The van der Waals surface area contributed by atoms with Crippen LogP contribution in [0.3, 0.4) is 0 Å². The van der Waals surface area contributed by atoms with Crippen LogP contribution in [0.1, 0.15) is 48.4 Å². The minimum Gasteiger partial charge on any atom is -0.412 e. The summed E-state index contributed by atoms with van der Waals surface area (Å²) in [6.07, 6.45) is -0.562. The summed E-state index contributed by atoms with van der Waals surface area (Å²) in [4.78, 5) is 1.18. The lowest BCUT2D eigenvalue weighted by molar-refractivity contribution is 0.220. The Kier molecular flexibility index (Phi) is 5.51. The van der Waals surface area contributed by atoms with E-state index >= 15 is 0 Å². The molecule has 0 spiro atoms. The third-order valence-electron chi connectivity index (χ3n) is 4.73. The van der Waals surface area contributed by atoms with Gasteiger partial charge in [0.25, 0.3) is 0 Å². The zero-order chi connectivity index (χ0) is 17.3. The van der Waals surface area contributed by atoms with Crippen molar-refractivity contribution >= 4 is 19.7 Å². The average Bonchev–Trinajstić information content (AvgIpc) is 2.92. The molecule has 126 valence electrons. The maximum Gasteiger partial charge on any atom is 0.192 e. The Labute approximate surface area is 145 Å². The molecule has 2 aromatic rings. The smallest absolute Gasteiger partial charge is 0.192 e. The molecule has 0 aliphatic rings. The van der Waals surface area contributed by atoms with Crippen molar-refractivity contribution in [2.45, 2.75) is 58.5 Å². The highest BCUT2D eigenvalue weighted by molar-refractivity contribution is 7.10. The molecule has 0 bridgehead atoms. The van der Waals surface area contributed by atoms with Crippen molar-refractivity contribution in [1.82, 2.24) is 0 Å². The fourth-order valence-electron chi connectivity index (χ4n) is 2.12. The Hall–Kier alpha value is -0.943. The number of hydrogen-bond acceptors (Lipinski definition) is 3. The molecular weight excluding hydrogens is 320 g/mol. The van der Waals surface area contributed by atoms with Gasteiger partial charge >= 0.3 is 0 Å². The first-order chi connectivity index (χ1) is 10.6. The summed E-state index contributed by atoms with van der Waals surface area (Å²) < 4.78 is 6.27. The molecule has 0 fully saturated rings. The standard InChI is InChI=1S/C19H28O2SSi/c1-14-8-7-9-15(10-14)18(20)16-11-17(22-13-16)12-21-23(5,6)19(2,3)4/h7-11,13,18,20H,12H2,1-6H3. The largest absolute Gasteiger partial charge is 0.412 e. The van der Waals surface area contributed by atoms with Gasteiger partial charge in [0, 0.05) is 4.88 Å². The van der Waals surface area contributed by atoms with Crippen molar-refractivity contribution in [1.29, 1.82) is 0 Å². The van der Waals surface area contributed by atoms with E-state index in [1.54, 1.807) is 11.3 Å². The molecule has 1 aromatic heterocycles. The van der Waals surface area contributed by atoms with E-state index in [1.807, 2.05) is 36.6 Å². The Balaban J connectivity index is 2.06. The fraction of sp³-hybridized carbons (Fsp3) is 0.474. The molecule has 23 heavy (non-hydrogen) atoms. The van der Waals surface area contributed by atoms with Crippen LogP contribution >= 0.6 is 11.3 Å². The third kappa shape index (κ3) is 4.54. The van der Waals surface area contributed by atoms with E-state index in [-0.39, 0.29) is 5.04 Å². The zero-order valence-corrected chi connectivity index (χ0v) is 16.8. The molecule has 1 aromatic carbocycles. The summed E-state index contributed by atoms with van der Waals surface area (Å²) in [5.41, 5.74) is 3.06. The van der Waals surface area contributed by atoms with Gasteiger partial charge in [0.05, 0.1) is 6.61 Å². The lowest BCUT2D eigenvalue weighted by Crippen LogP contribution is -2.40. The van der Waals surface area contributed by atoms with Crippen molar-refractivity contribution < 1.29 is 9.53 Å². The van der Waals surface area contributed by atoms with Crippen molar-refractivity contribution in [3.8, 4) is 0 Å². The highest BCUT2D eigenvalue weighted by atomic mass is 32.1. The van der Waals surface area contributed by atoms with Crippen LogP contribution in [-0.2, 0) is 11.0 Å². The molecule has 0 aliphatic carbocycles. The van der Waals surface area contributed by atoms with Crippen molar-refractivity contribution in [3.05, 3.63) is 57.3 Å². The van der Waals surface area contributed by atoms with Crippen LogP contribution in [0, 0.1) is 6.92 Å². The number of aryl methyl sites for hydroxylation is 1. The second-order valence-corrected chi connectivity index (χ2v) is 13.5. The van der Waals surface area contributed by atoms with E-state index < -0.39 is 14.4 Å². The Morgan fingerprint density at radius 3 is 2.48 bits per heavy atom. The number of aliphatic hydroxyl groups excluding tert-OH is 1. The second kappa shape index (κ2) is 6.89. The first-order valence-corrected chi connectivity index (χ1v) is 11.8. The quantitative estimate of drug-likeness (QED) is 0.706. The van der Waals surface area contributed by atoms with Crippen LogP contribution in [0.2, 0.25) is 18.1 Å². The van der Waals surface area contributed by atoms with Gasteiger partial charge < -0.3 is 9.53 Å². The molecule has 0 radical (unpaired) electrons. The summed E-state index contributed by atoms with van der Waals surface area (Å²) in [6, 6.07) is 10.1. The lowest BCUT2D eigenvalue weighted by atomic mass is 10.0. The first-order valence-electron chi connectivity index (χ1n) is 8.06. The highest BCUT2D eigenvalue weighted by Crippen LogP contribution is 2.37. The number of rotatable bonds is 5. The molecule has 0 saturated carbocycles. The molecule has 0 saturated heterocycles. The third-order valence-corrected chi connectivity index (χ3v) is 10.1. The van der Waals surface area contributed by atoms with Gasteiger partial charge in [0.15, 0.2) is 8.32 Å². The highest BCUT2D eigenvalue weighted by Gasteiger charge is 2.37. The number of aliphatic hydroxyl groups is 1. The molecule has 2 nitrogen and oxygen atoms in total. The van der Waals surface area contributed by atoms with Gasteiger partial charge in [-0.05, 0) is 47.6 Å². The molecule has 1 heterocycles. The average molecular weight is 349 g/mol. The molecular formula is C19H28O2SSi. The van der Waals surface area contributed by atoms with Gasteiger partial charge in [-0.2, -0.15) is 0 Å². The normalized spacial score (nSPS) is 14.0. The number of benzene rings is 1. The molecule has 2 rings (SSSR count). The predicted octanol–water partition coefficient (Wildman–Crippen LogP) is 5.66. The summed E-state index contributed by atoms with van der Waals surface area (Å²) in [5.74, 6) is 0. The molecule has 1 N–H and O–H groups in total. The van der Waals surface area contributed by atoms with E-state index in [0.717, 1.165) is 11.1 Å². The van der Waals surface area contributed by atoms with Crippen LogP contribution in [0.5, 0.6) is 0 Å². The Morgan fingerprint density at radius 1 is 1.17 bits per heavy atom. The Morgan fingerprint density at radius 2 is 1.87 bits per heavy atom. The van der Waals surface area contributed by atoms with Crippen LogP contribution in [0.4, 0.5) is 0 Å². The van der Waals surface area contributed by atoms with Crippen LogP contribution < -0.4 is 0 Å². The van der Waals surface area contributed by atoms with Gasteiger partial charge in [-0.1, -0.05) is 50.6 Å². The van der Waals surface area contributed by atoms with E-state index in [4.69, 9.17) is 4.43 Å². The monoisotopic (exact) mass is 348 g/mol. The number of hydrogen-bond donors (Lipinski definition) is 1. The van der Waals surface area contributed by atoms with Crippen molar-refractivity contribution in [3.63, 3.8) is 0 Å². The molecule has 4 heteroatoms. The maximum atomic E-state index is 10.6. The summed E-state index contributed by atoms with van der Waals surface area (Å²) in [6.45, 7) is 14.0. The zero-order valence-electron chi connectivity index (χ0n) is 15.0. The molecule has 1 unspecified atom stereocenters. The molecule has 0 amide bonds. The van der Waals surface area contributed by atoms with Crippen LogP contribution in [0.25, 0.3) is 0 Å². The topological polar surface area (TPSA) is 29.5 Å². The first kappa shape index (κ1) is 18.4. The van der Waals surface area contributed by atoms with Crippen molar-refractivity contribution in [2.75, 3.05) is 0 Å². The van der Waals surface area contributed by atoms with Gasteiger partial charge in [-0.25, -0.2) is 0 Å². The SMILES string of the molecule is Cc1cccc(C(O)c2csc(CO[Si](C)(C)C(C)(C)C)c2)c1. The Bertz CT molecular complexity index is 655. The van der Waals surface area contributed by atoms with Gasteiger partial charge in [0.1, 0.15) is 6.10 Å².